The quantitative estimate of drug-likeness (QED) is 0.817. The molecule has 1 aliphatic carbocycles. The molecule has 2 N–H and O–H groups in total. The van der Waals surface area contributed by atoms with Crippen LogP contribution < -0.4 is 5.69 Å². The number of allylic oxidation sites excluding steroid dienone is 5. The van der Waals surface area contributed by atoms with Crippen LogP contribution in [0.25, 0.3) is 16.7 Å². The maximum Gasteiger partial charge on any atom is 0.416 e. The number of imidazole rings is 1. The monoisotopic (exact) mass is 342 g/mol. The standard InChI is InChI=1S/C15H10ClF3N2O2/c16-9-2-1-3-13(22)12(7-9)21-11-5-4-8(15(17,18)19)6-10(11)20-14(21)23/h1,3-7,22H,2H2,(H,20,23). The number of nitrogens with zero attached hydrogens (tertiary/aromatic N) is 1. The number of rotatable bonds is 1. The number of benzene rings is 1. The Labute approximate surface area is 132 Å². The van der Waals surface area contributed by atoms with Gasteiger partial charge in [0.25, 0.3) is 0 Å². The normalized spacial score (nSPS) is 15.9. The van der Waals surface area contributed by atoms with Gasteiger partial charge in [0.2, 0.25) is 0 Å². The van der Waals surface area contributed by atoms with Gasteiger partial charge in [-0.3, -0.25) is 4.57 Å². The predicted molar refractivity (Wildman–Crippen MR) is 81.1 cm³/mol. The Hall–Kier alpha value is -2.41. The summed E-state index contributed by atoms with van der Waals surface area (Å²) in [6, 6.07) is 2.90. The molecule has 0 bridgehead atoms. The Bertz CT molecular complexity index is 932. The molecule has 0 atom stereocenters. The number of fused-ring (bicyclic) bond motifs is 1. The number of hydrogen-bond donors (Lipinski definition) is 2. The highest BCUT2D eigenvalue weighted by Crippen LogP contribution is 2.31. The van der Waals surface area contributed by atoms with Crippen LogP contribution in [0.3, 0.4) is 0 Å². The molecule has 0 unspecified atom stereocenters. The lowest BCUT2D eigenvalue weighted by Gasteiger charge is -2.08. The summed E-state index contributed by atoms with van der Waals surface area (Å²) in [6.07, 6.45) is 0.274. The van der Waals surface area contributed by atoms with Gasteiger partial charge in [-0.05, 0) is 30.4 Å². The highest BCUT2D eigenvalue weighted by atomic mass is 35.5. The Kier molecular flexibility index (Phi) is 3.60. The zero-order chi connectivity index (χ0) is 16.8. The number of H-pyrrole nitrogens is 1. The van der Waals surface area contributed by atoms with E-state index in [1.807, 2.05) is 0 Å². The van der Waals surface area contributed by atoms with Crippen LogP contribution in [-0.4, -0.2) is 14.7 Å². The van der Waals surface area contributed by atoms with E-state index in [2.05, 4.69) is 4.98 Å². The van der Waals surface area contributed by atoms with Crippen LogP contribution in [0.4, 0.5) is 13.2 Å². The maximum absolute atomic E-state index is 12.8. The molecule has 8 heteroatoms. The molecule has 0 aliphatic heterocycles. The van der Waals surface area contributed by atoms with Crippen molar-refractivity contribution >= 4 is 28.3 Å². The number of nitrogens with one attached hydrogen (secondary N) is 1. The molecule has 23 heavy (non-hydrogen) atoms. The van der Waals surface area contributed by atoms with E-state index in [1.54, 1.807) is 6.08 Å². The van der Waals surface area contributed by atoms with Gasteiger partial charge in [-0.1, -0.05) is 17.7 Å². The molecule has 1 aromatic heterocycles. The van der Waals surface area contributed by atoms with Gasteiger partial charge in [-0.15, -0.1) is 0 Å². The fourth-order valence-electron chi connectivity index (χ4n) is 2.36. The minimum atomic E-state index is -4.51. The van der Waals surface area contributed by atoms with Crippen LogP contribution in [0.1, 0.15) is 12.0 Å². The molecule has 0 fully saturated rings. The topological polar surface area (TPSA) is 58.0 Å². The molecule has 0 saturated heterocycles. The summed E-state index contributed by atoms with van der Waals surface area (Å²) < 4.78 is 39.4. The first-order chi connectivity index (χ1) is 10.8. The summed E-state index contributed by atoms with van der Waals surface area (Å²) in [4.78, 5) is 14.5. The van der Waals surface area contributed by atoms with Gasteiger partial charge in [0.15, 0.2) is 0 Å². The van der Waals surface area contributed by atoms with Crippen LogP contribution in [-0.2, 0) is 6.18 Å². The van der Waals surface area contributed by atoms with E-state index >= 15 is 0 Å². The Morgan fingerprint density at radius 2 is 2.04 bits per heavy atom. The molecule has 4 nitrogen and oxygen atoms in total. The fraction of sp³-hybridized carbons (Fsp3) is 0.133. The fourth-order valence-corrected chi connectivity index (χ4v) is 2.55. The van der Waals surface area contributed by atoms with Gasteiger partial charge in [-0.2, -0.15) is 13.2 Å². The number of halogens is 4. The Morgan fingerprint density at radius 3 is 2.74 bits per heavy atom. The average molecular weight is 343 g/mol. The van der Waals surface area contributed by atoms with E-state index in [1.165, 1.54) is 18.2 Å². The summed E-state index contributed by atoms with van der Waals surface area (Å²) in [5, 5.41) is 10.4. The zero-order valence-corrected chi connectivity index (χ0v) is 12.2. The summed E-state index contributed by atoms with van der Waals surface area (Å²) >= 11 is 5.98. The summed E-state index contributed by atoms with van der Waals surface area (Å²) in [6.45, 7) is 0. The van der Waals surface area contributed by atoms with Crippen LogP contribution in [0, 0.1) is 0 Å². The number of aromatic amines is 1. The lowest BCUT2D eigenvalue weighted by atomic mass is 10.2. The Balaban J connectivity index is 2.27. The van der Waals surface area contributed by atoms with E-state index < -0.39 is 17.4 Å². The molecule has 120 valence electrons. The van der Waals surface area contributed by atoms with Crippen molar-refractivity contribution in [2.75, 3.05) is 0 Å². The molecule has 0 saturated carbocycles. The summed E-state index contributed by atoms with van der Waals surface area (Å²) in [5.74, 6) is -0.205. The number of alkyl halides is 3. The molecule has 3 rings (SSSR count). The van der Waals surface area contributed by atoms with E-state index in [-0.39, 0.29) is 22.5 Å². The summed E-state index contributed by atoms with van der Waals surface area (Å²) in [7, 11) is 0. The third-order valence-electron chi connectivity index (χ3n) is 3.39. The molecule has 1 aliphatic rings. The number of aliphatic hydroxyl groups is 1. The van der Waals surface area contributed by atoms with Gasteiger partial charge in [-0.25, -0.2) is 4.79 Å². The lowest BCUT2D eigenvalue weighted by Crippen LogP contribution is -2.16. The first kappa shape index (κ1) is 15.5. The highest BCUT2D eigenvalue weighted by Gasteiger charge is 2.31. The van der Waals surface area contributed by atoms with Crippen molar-refractivity contribution in [2.24, 2.45) is 0 Å². The van der Waals surface area contributed by atoms with Crippen molar-refractivity contribution in [1.29, 1.82) is 0 Å². The first-order valence-corrected chi connectivity index (χ1v) is 6.93. The average Bonchev–Trinajstić information content (AvgIpc) is 2.68. The van der Waals surface area contributed by atoms with Gasteiger partial charge >= 0.3 is 11.9 Å². The minimum absolute atomic E-state index is 0.0165. The summed E-state index contributed by atoms with van der Waals surface area (Å²) in [5.41, 5.74) is -1.22. The first-order valence-electron chi connectivity index (χ1n) is 6.55. The van der Waals surface area contributed by atoms with Gasteiger partial charge < -0.3 is 10.1 Å². The smallest absolute Gasteiger partial charge is 0.416 e. The van der Waals surface area contributed by atoms with Crippen LogP contribution in [0.2, 0.25) is 0 Å². The van der Waals surface area contributed by atoms with Crippen molar-refractivity contribution < 1.29 is 18.3 Å². The number of aromatic nitrogens is 2. The van der Waals surface area contributed by atoms with Gasteiger partial charge in [0.1, 0.15) is 5.76 Å². The van der Waals surface area contributed by atoms with Crippen LogP contribution in [0.15, 0.2) is 52.0 Å². The molecule has 0 radical (unpaired) electrons. The molecular weight excluding hydrogens is 333 g/mol. The second-order valence-electron chi connectivity index (χ2n) is 4.96. The lowest BCUT2D eigenvalue weighted by molar-refractivity contribution is -0.137. The number of aliphatic hydroxyl groups excluding tert-OH is 1. The van der Waals surface area contributed by atoms with Crippen molar-refractivity contribution in [3.8, 4) is 0 Å². The predicted octanol–water partition coefficient (Wildman–Crippen LogP) is 4.16. The molecule has 1 heterocycles. The van der Waals surface area contributed by atoms with Gasteiger partial charge in [0, 0.05) is 11.5 Å². The van der Waals surface area contributed by atoms with E-state index in [4.69, 9.17) is 11.6 Å². The number of hydrogen-bond acceptors (Lipinski definition) is 2. The third-order valence-corrected chi connectivity index (χ3v) is 3.66. The Morgan fingerprint density at radius 1 is 1.30 bits per heavy atom. The van der Waals surface area contributed by atoms with Crippen molar-refractivity contribution in [2.45, 2.75) is 12.6 Å². The van der Waals surface area contributed by atoms with Crippen molar-refractivity contribution in [1.82, 2.24) is 9.55 Å². The van der Waals surface area contributed by atoms with E-state index in [0.717, 1.165) is 16.7 Å². The van der Waals surface area contributed by atoms with Crippen molar-refractivity contribution in [3.05, 3.63) is 63.3 Å². The van der Waals surface area contributed by atoms with Crippen molar-refractivity contribution in [3.63, 3.8) is 0 Å². The molecule has 1 aromatic carbocycles. The SMILES string of the molecule is O=c1[nH]c2cc(C(F)(F)F)ccc2n1C1=C(O)C=CCC(Cl)=C1. The second kappa shape index (κ2) is 5.34. The highest BCUT2D eigenvalue weighted by molar-refractivity contribution is 6.30. The maximum atomic E-state index is 12.8. The largest absolute Gasteiger partial charge is 0.506 e. The van der Waals surface area contributed by atoms with Gasteiger partial charge in [0.05, 0.1) is 22.3 Å². The van der Waals surface area contributed by atoms with Crippen LogP contribution >= 0.6 is 11.6 Å². The molecule has 0 amide bonds. The minimum Gasteiger partial charge on any atom is -0.506 e. The second-order valence-corrected chi connectivity index (χ2v) is 5.45. The van der Waals surface area contributed by atoms with E-state index in [9.17, 15) is 23.1 Å². The van der Waals surface area contributed by atoms with Crippen LogP contribution in [0.5, 0.6) is 0 Å². The van der Waals surface area contributed by atoms with E-state index in [0.29, 0.717) is 11.5 Å². The molecule has 0 spiro atoms. The molecular formula is C15H10ClF3N2O2. The zero-order valence-electron chi connectivity index (χ0n) is 11.5. The molecule has 2 aromatic rings. The third kappa shape index (κ3) is 2.79.